The SMILES string of the molecule is CCC1CCC2(CC1)NC(=O)N(CC(=O)N1CCN(c3ccc(OC)cc3)CC1)C2=O. The van der Waals surface area contributed by atoms with Crippen molar-refractivity contribution in [3.05, 3.63) is 24.3 Å². The summed E-state index contributed by atoms with van der Waals surface area (Å²) in [6.45, 7) is 4.54. The van der Waals surface area contributed by atoms with Gasteiger partial charge in [0.15, 0.2) is 0 Å². The first-order valence-electron chi connectivity index (χ1n) is 11.3. The number of benzene rings is 1. The first kappa shape index (κ1) is 21.5. The molecule has 3 aliphatic rings. The second-order valence-corrected chi connectivity index (χ2v) is 8.82. The number of hydrogen-bond donors (Lipinski definition) is 1. The predicted molar refractivity (Wildman–Crippen MR) is 117 cm³/mol. The molecule has 2 heterocycles. The van der Waals surface area contributed by atoms with Crippen LogP contribution in [0.1, 0.15) is 39.0 Å². The molecule has 1 N–H and O–H groups in total. The predicted octanol–water partition coefficient (Wildman–Crippen LogP) is 2.23. The van der Waals surface area contributed by atoms with Crippen molar-refractivity contribution in [2.45, 2.75) is 44.6 Å². The Morgan fingerprint density at radius 3 is 2.32 bits per heavy atom. The molecule has 3 fully saturated rings. The number of ether oxygens (including phenoxy) is 1. The lowest BCUT2D eigenvalue weighted by Crippen LogP contribution is -2.52. The summed E-state index contributed by atoms with van der Waals surface area (Å²) in [7, 11) is 1.64. The Balaban J connectivity index is 1.31. The fourth-order valence-electron chi connectivity index (χ4n) is 4.98. The van der Waals surface area contributed by atoms with Gasteiger partial charge in [0.05, 0.1) is 7.11 Å². The van der Waals surface area contributed by atoms with Crippen molar-refractivity contribution in [1.82, 2.24) is 15.1 Å². The van der Waals surface area contributed by atoms with Crippen LogP contribution < -0.4 is 15.0 Å². The topological polar surface area (TPSA) is 82.2 Å². The van der Waals surface area contributed by atoms with Crippen molar-refractivity contribution in [2.24, 2.45) is 5.92 Å². The van der Waals surface area contributed by atoms with E-state index in [9.17, 15) is 14.4 Å². The van der Waals surface area contributed by atoms with Crippen LogP contribution in [-0.2, 0) is 9.59 Å². The number of piperazine rings is 1. The quantitative estimate of drug-likeness (QED) is 0.728. The Bertz CT molecular complexity index is 824. The number of methoxy groups -OCH3 is 1. The van der Waals surface area contributed by atoms with E-state index in [1.165, 1.54) is 0 Å². The normalized spacial score (nSPS) is 26.4. The molecule has 0 bridgehead atoms. The largest absolute Gasteiger partial charge is 0.497 e. The van der Waals surface area contributed by atoms with E-state index in [-0.39, 0.29) is 18.4 Å². The molecule has 1 aromatic rings. The van der Waals surface area contributed by atoms with Crippen LogP contribution in [0.3, 0.4) is 0 Å². The smallest absolute Gasteiger partial charge is 0.325 e. The molecule has 4 amide bonds. The lowest BCUT2D eigenvalue weighted by Gasteiger charge is -2.37. The number of rotatable bonds is 5. The van der Waals surface area contributed by atoms with Crippen LogP contribution in [0, 0.1) is 5.92 Å². The molecule has 2 saturated heterocycles. The van der Waals surface area contributed by atoms with Gasteiger partial charge in [-0.25, -0.2) is 4.79 Å². The van der Waals surface area contributed by atoms with Gasteiger partial charge in [-0.2, -0.15) is 0 Å². The molecule has 8 nitrogen and oxygen atoms in total. The average Bonchev–Trinajstić information content (AvgIpc) is 3.03. The number of carbonyl (C=O) groups excluding carboxylic acids is 3. The molecular weight excluding hydrogens is 396 g/mol. The molecule has 1 spiro atoms. The van der Waals surface area contributed by atoms with Crippen molar-refractivity contribution in [3.8, 4) is 5.75 Å². The Morgan fingerprint density at radius 1 is 1.10 bits per heavy atom. The summed E-state index contributed by atoms with van der Waals surface area (Å²) in [4.78, 5) is 43.5. The van der Waals surface area contributed by atoms with Crippen molar-refractivity contribution in [2.75, 3.05) is 44.7 Å². The number of hydrogen-bond acceptors (Lipinski definition) is 5. The molecule has 4 rings (SSSR count). The zero-order valence-electron chi connectivity index (χ0n) is 18.4. The second-order valence-electron chi connectivity index (χ2n) is 8.82. The monoisotopic (exact) mass is 428 g/mol. The highest BCUT2D eigenvalue weighted by Gasteiger charge is 2.52. The first-order valence-corrected chi connectivity index (χ1v) is 11.3. The van der Waals surface area contributed by atoms with Gasteiger partial charge >= 0.3 is 6.03 Å². The summed E-state index contributed by atoms with van der Waals surface area (Å²) < 4.78 is 5.20. The molecule has 1 saturated carbocycles. The zero-order chi connectivity index (χ0) is 22.0. The Kier molecular flexibility index (Phi) is 6.07. The standard InChI is InChI=1S/C23H32N4O4/c1-3-17-8-10-23(11-9-17)21(29)27(22(30)24-23)16-20(28)26-14-12-25(13-15-26)18-4-6-19(31-2)7-5-18/h4-7,17H,3,8-16H2,1-2H3,(H,24,30). The third-order valence-corrected chi connectivity index (χ3v) is 7.15. The maximum absolute atomic E-state index is 13.0. The highest BCUT2D eigenvalue weighted by Crippen LogP contribution is 2.37. The van der Waals surface area contributed by atoms with E-state index >= 15 is 0 Å². The third kappa shape index (κ3) is 4.20. The minimum atomic E-state index is -0.796. The number of nitrogens with one attached hydrogen (secondary N) is 1. The van der Waals surface area contributed by atoms with Crippen LogP contribution in [0.2, 0.25) is 0 Å². The molecule has 1 aliphatic carbocycles. The molecule has 168 valence electrons. The fourth-order valence-corrected chi connectivity index (χ4v) is 4.98. The molecule has 0 radical (unpaired) electrons. The van der Waals surface area contributed by atoms with E-state index in [1.807, 2.05) is 24.3 Å². The van der Waals surface area contributed by atoms with Crippen LogP contribution in [0.15, 0.2) is 24.3 Å². The van der Waals surface area contributed by atoms with Gasteiger partial charge in [-0.1, -0.05) is 13.3 Å². The summed E-state index contributed by atoms with van der Waals surface area (Å²) in [6, 6.07) is 7.44. The van der Waals surface area contributed by atoms with Crippen molar-refractivity contribution in [1.29, 1.82) is 0 Å². The van der Waals surface area contributed by atoms with Crippen LogP contribution in [0.5, 0.6) is 5.75 Å². The van der Waals surface area contributed by atoms with Crippen molar-refractivity contribution >= 4 is 23.5 Å². The van der Waals surface area contributed by atoms with Gasteiger partial charge in [0.25, 0.3) is 5.91 Å². The van der Waals surface area contributed by atoms with Crippen LogP contribution >= 0.6 is 0 Å². The third-order valence-electron chi connectivity index (χ3n) is 7.15. The lowest BCUT2D eigenvalue weighted by atomic mass is 9.75. The van der Waals surface area contributed by atoms with Gasteiger partial charge in [0.2, 0.25) is 5.91 Å². The van der Waals surface area contributed by atoms with Crippen LogP contribution in [0.4, 0.5) is 10.5 Å². The molecule has 0 atom stereocenters. The second kappa shape index (κ2) is 8.77. The summed E-state index contributed by atoms with van der Waals surface area (Å²) in [5.41, 5.74) is 0.294. The molecule has 0 aromatic heterocycles. The van der Waals surface area contributed by atoms with Gasteiger partial charge in [-0.3, -0.25) is 14.5 Å². The minimum absolute atomic E-state index is 0.169. The van der Waals surface area contributed by atoms with E-state index in [2.05, 4.69) is 17.1 Å². The Labute approximate surface area is 183 Å². The highest BCUT2D eigenvalue weighted by atomic mass is 16.5. The number of carbonyl (C=O) groups is 3. The first-order chi connectivity index (χ1) is 15.0. The number of amides is 4. The number of anilines is 1. The van der Waals surface area contributed by atoms with E-state index in [4.69, 9.17) is 4.74 Å². The minimum Gasteiger partial charge on any atom is -0.497 e. The Morgan fingerprint density at radius 2 is 1.74 bits per heavy atom. The molecule has 0 unspecified atom stereocenters. The van der Waals surface area contributed by atoms with E-state index in [1.54, 1.807) is 12.0 Å². The van der Waals surface area contributed by atoms with Crippen LogP contribution in [0.25, 0.3) is 0 Å². The summed E-state index contributed by atoms with van der Waals surface area (Å²) in [6.07, 6.45) is 4.32. The highest BCUT2D eigenvalue weighted by molar-refractivity contribution is 6.09. The van der Waals surface area contributed by atoms with Crippen LogP contribution in [-0.4, -0.2) is 73.0 Å². The average molecular weight is 429 g/mol. The van der Waals surface area contributed by atoms with Gasteiger partial charge in [0.1, 0.15) is 17.8 Å². The lowest BCUT2D eigenvalue weighted by molar-refractivity contribution is -0.139. The molecule has 31 heavy (non-hydrogen) atoms. The summed E-state index contributed by atoms with van der Waals surface area (Å²) in [5.74, 6) is 1.04. The zero-order valence-corrected chi connectivity index (χ0v) is 18.4. The fraction of sp³-hybridized carbons (Fsp3) is 0.609. The van der Waals surface area contributed by atoms with Crippen molar-refractivity contribution < 1.29 is 19.1 Å². The summed E-state index contributed by atoms with van der Waals surface area (Å²) in [5, 5.41) is 2.91. The van der Waals surface area contributed by atoms with Gasteiger partial charge in [0, 0.05) is 31.9 Å². The molecular formula is C23H32N4O4. The number of urea groups is 1. The number of nitrogens with zero attached hydrogens (tertiary/aromatic N) is 3. The van der Waals surface area contributed by atoms with Gasteiger partial charge < -0.3 is 19.9 Å². The van der Waals surface area contributed by atoms with Gasteiger partial charge in [-0.15, -0.1) is 0 Å². The molecule has 2 aliphatic heterocycles. The van der Waals surface area contributed by atoms with E-state index in [0.717, 1.165) is 35.6 Å². The molecule has 1 aromatic carbocycles. The van der Waals surface area contributed by atoms with E-state index < -0.39 is 11.6 Å². The number of imide groups is 1. The maximum Gasteiger partial charge on any atom is 0.325 e. The molecule has 8 heteroatoms. The van der Waals surface area contributed by atoms with E-state index in [0.29, 0.717) is 44.9 Å². The van der Waals surface area contributed by atoms with Gasteiger partial charge in [-0.05, 0) is 55.9 Å². The Hall–Kier alpha value is -2.77. The summed E-state index contributed by atoms with van der Waals surface area (Å²) >= 11 is 0. The van der Waals surface area contributed by atoms with Crippen molar-refractivity contribution in [3.63, 3.8) is 0 Å². The maximum atomic E-state index is 13.0.